The second kappa shape index (κ2) is 7.34. The number of allylic oxidation sites excluding steroid dienone is 1. The minimum absolute atomic E-state index is 0.0982. The zero-order valence-corrected chi connectivity index (χ0v) is 22.5. The number of carbonyl (C=O) groups is 1. The molecule has 0 aromatic rings. The Labute approximate surface area is 206 Å². The molecule has 0 unspecified atom stereocenters. The molecule has 5 rings (SSSR count). The normalized spacial score (nSPS) is 56.3. The molecule has 3 N–H and O–H groups in total. The molecule has 0 bridgehead atoms. The highest BCUT2D eigenvalue weighted by molar-refractivity contribution is 5.81. The Bertz CT molecular complexity index is 907. The van der Waals surface area contributed by atoms with Gasteiger partial charge < -0.3 is 15.3 Å². The molecule has 5 aliphatic carbocycles. The van der Waals surface area contributed by atoms with Gasteiger partial charge in [-0.2, -0.15) is 0 Å². The molecular formula is C30H48O4. The highest BCUT2D eigenvalue weighted by Crippen LogP contribution is 2.75. The fourth-order valence-electron chi connectivity index (χ4n) is 10.9. The van der Waals surface area contributed by atoms with E-state index < -0.39 is 34.4 Å². The number of rotatable bonds is 1. The lowest BCUT2D eigenvalue weighted by atomic mass is 9.32. The molecule has 0 spiro atoms. The fourth-order valence-corrected chi connectivity index (χ4v) is 10.9. The van der Waals surface area contributed by atoms with Crippen molar-refractivity contribution in [1.29, 1.82) is 0 Å². The van der Waals surface area contributed by atoms with E-state index in [1.54, 1.807) is 0 Å². The van der Waals surface area contributed by atoms with Gasteiger partial charge in [0, 0.05) is 11.8 Å². The third kappa shape index (κ3) is 2.71. The van der Waals surface area contributed by atoms with Crippen molar-refractivity contribution in [2.45, 2.75) is 112 Å². The molecule has 0 heterocycles. The largest absolute Gasteiger partial charge is 0.481 e. The maximum atomic E-state index is 13.5. The number of hydrogen-bond donors (Lipinski definition) is 3. The van der Waals surface area contributed by atoms with Crippen LogP contribution in [0, 0.1) is 56.7 Å². The van der Waals surface area contributed by atoms with Gasteiger partial charge in [0.05, 0.1) is 17.6 Å². The summed E-state index contributed by atoms with van der Waals surface area (Å²) in [5.41, 5.74) is -0.495. The van der Waals surface area contributed by atoms with Gasteiger partial charge in [0.1, 0.15) is 0 Å². The first-order chi connectivity index (χ1) is 15.7. The number of aliphatic hydroxyl groups is 2. The molecule has 4 saturated carbocycles. The van der Waals surface area contributed by atoms with E-state index in [1.165, 1.54) is 18.4 Å². The summed E-state index contributed by atoms with van der Waals surface area (Å²) >= 11 is 0. The van der Waals surface area contributed by atoms with Crippen LogP contribution in [0.2, 0.25) is 0 Å². The highest BCUT2D eigenvalue weighted by Gasteiger charge is 2.73. The van der Waals surface area contributed by atoms with Crippen molar-refractivity contribution < 1.29 is 20.1 Å². The lowest BCUT2D eigenvalue weighted by Gasteiger charge is -2.71. The van der Waals surface area contributed by atoms with Gasteiger partial charge in [-0.05, 0) is 90.8 Å². The topological polar surface area (TPSA) is 77.8 Å². The van der Waals surface area contributed by atoms with E-state index in [9.17, 15) is 20.1 Å². The van der Waals surface area contributed by atoms with Crippen LogP contribution in [-0.2, 0) is 4.79 Å². The average molecular weight is 473 g/mol. The molecule has 4 nitrogen and oxygen atoms in total. The SMILES string of the molecule is C[C@H]1[C@H](C)CC[C@]2(C)CC[C@]3(C(=O)O)C(=CC[C@@H]4[C@@]5(C)[C@H](O)C[C@H](O)C(C)(C)[C@@H]5CC[C@]43C)[C@H]12. The highest BCUT2D eigenvalue weighted by atomic mass is 16.4. The lowest BCUT2D eigenvalue weighted by molar-refractivity contribution is -0.247. The molecule has 0 aliphatic heterocycles. The second-order valence-electron chi connectivity index (χ2n) is 14.6. The third-order valence-corrected chi connectivity index (χ3v) is 13.3. The van der Waals surface area contributed by atoms with Crippen LogP contribution < -0.4 is 0 Å². The Balaban J connectivity index is 1.68. The van der Waals surface area contributed by atoms with Crippen molar-refractivity contribution in [3.8, 4) is 0 Å². The molecule has 4 heteroatoms. The number of carboxylic acid groups (broad SMARTS) is 1. The molecule has 5 aliphatic rings. The lowest BCUT2D eigenvalue weighted by Crippen LogP contribution is -2.69. The summed E-state index contributed by atoms with van der Waals surface area (Å²) in [4.78, 5) is 13.5. The number of hydrogen-bond acceptors (Lipinski definition) is 3. The van der Waals surface area contributed by atoms with Gasteiger partial charge in [0.2, 0.25) is 0 Å². The van der Waals surface area contributed by atoms with Crippen LogP contribution in [0.4, 0.5) is 0 Å². The quantitative estimate of drug-likeness (QED) is 0.405. The van der Waals surface area contributed by atoms with E-state index in [1.807, 2.05) is 0 Å². The van der Waals surface area contributed by atoms with E-state index in [0.29, 0.717) is 24.2 Å². The molecule has 0 saturated heterocycles. The number of fused-ring (bicyclic) bond motifs is 7. The van der Waals surface area contributed by atoms with Gasteiger partial charge >= 0.3 is 5.97 Å². The fraction of sp³-hybridized carbons (Fsp3) is 0.900. The third-order valence-electron chi connectivity index (χ3n) is 13.3. The molecule has 4 fully saturated rings. The zero-order valence-electron chi connectivity index (χ0n) is 22.5. The summed E-state index contributed by atoms with van der Waals surface area (Å²) in [7, 11) is 0. The number of aliphatic hydroxyl groups excluding tert-OH is 2. The zero-order chi connectivity index (χ0) is 25.1. The Kier molecular flexibility index (Phi) is 5.36. The van der Waals surface area contributed by atoms with Crippen molar-refractivity contribution in [3.05, 3.63) is 11.6 Å². The predicted octanol–water partition coefficient (Wildman–Crippen LogP) is 6.06. The first kappa shape index (κ1) is 24.8. The van der Waals surface area contributed by atoms with Gasteiger partial charge in [-0.25, -0.2) is 0 Å². The van der Waals surface area contributed by atoms with Crippen LogP contribution in [0.3, 0.4) is 0 Å². The van der Waals surface area contributed by atoms with E-state index in [0.717, 1.165) is 32.1 Å². The minimum Gasteiger partial charge on any atom is -0.481 e. The molecule has 34 heavy (non-hydrogen) atoms. The number of carboxylic acids is 1. The Morgan fingerprint density at radius 2 is 1.59 bits per heavy atom. The van der Waals surface area contributed by atoms with E-state index in [2.05, 4.69) is 54.5 Å². The first-order valence-electron chi connectivity index (χ1n) is 14.0. The van der Waals surface area contributed by atoms with Crippen LogP contribution in [0.15, 0.2) is 11.6 Å². The van der Waals surface area contributed by atoms with Crippen LogP contribution >= 0.6 is 0 Å². The van der Waals surface area contributed by atoms with Gasteiger partial charge in [-0.15, -0.1) is 0 Å². The van der Waals surface area contributed by atoms with Gasteiger partial charge in [0.15, 0.2) is 0 Å². The summed E-state index contributed by atoms with van der Waals surface area (Å²) in [6.07, 6.45) is 8.34. The molecule has 0 amide bonds. The second-order valence-corrected chi connectivity index (χ2v) is 14.6. The molecule has 11 atom stereocenters. The standard InChI is InChI=1S/C30H48O4/c1-17-10-12-27(5)14-15-30(25(33)34)19(24(27)18(17)2)8-9-21-28(30,6)13-11-20-26(3,4)22(31)16-23(32)29(20,21)7/h8,17-18,20-24,31-32H,9-16H2,1-7H3,(H,33,34)/t17-,18+,20+,21+,22+,23-,24+,27-,28-,29+,30-/m1/s1. The van der Waals surface area contributed by atoms with Crippen molar-refractivity contribution in [2.24, 2.45) is 56.7 Å². The summed E-state index contributed by atoms with van der Waals surface area (Å²) in [6, 6.07) is 0. The Morgan fingerprint density at radius 3 is 2.24 bits per heavy atom. The molecule has 192 valence electrons. The molecule has 0 aromatic carbocycles. The van der Waals surface area contributed by atoms with E-state index in [4.69, 9.17) is 0 Å². The smallest absolute Gasteiger partial charge is 0.314 e. The van der Waals surface area contributed by atoms with Crippen molar-refractivity contribution in [3.63, 3.8) is 0 Å². The van der Waals surface area contributed by atoms with Crippen LogP contribution in [-0.4, -0.2) is 33.5 Å². The average Bonchev–Trinajstić information content (AvgIpc) is 2.74. The van der Waals surface area contributed by atoms with Crippen molar-refractivity contribution in [2.75, 3.05) is 0 Å². The summed E-state index contributed by atoms with van der Waals surface area (Å²) in [6.45, 7) is 16.0. The Hall–Kier alpha value is -0.870. The van der Waals surface area contributed by atoms with E-state index in [-0.39, 0.29) is 22.7 Å². The van der Waals surface area contributed by atoms with Gasteiger partial charge in [-0.1, -0.05) is 60.1 Å². The molecular weight excluding hydrogens is 424 g/mol. The van der Waals surface area contributed by atoms with E-state index >= 15 is 0 Å². The minimum atomic E-state index is -0.848. The first-order valence-corrected chi connectivity index (χ1v) is 14.0. The predicted molar refractivity (Wildman–Crippen MR) is 134 cm³/mol. The van der Waals surface area contributed by atoms with Crippen LogP contribution in [0.5, 0.6) is 0 Å². The van der Waals surface area contributed by atoms with Crippen LogP contribution in [0.25, 0.3) is 0 Å². The van der Waals surface area contributed by atoms with Gasteiger partial charge in [0.25, 0.3) is 0 Å². The molecule has 0 aromatic heterocycles. The number of aliphatic carboxylic acids is 1. The van der Waals surface area contributed by atoms with Crippen molar-refractivity contribution >= 4 is 5.97 Å². The van der Waals surface area contributed by atoms with Gasteiger partial charge in [-0.3, -0.25) is 4.79 Å². The monoisotopic (exact) mass is 472 g/mol. The summed E-state index contributed by atoms with van der Waals surface area (Å²) < 4.78 is 0. The van der Waals surface area contributed by atoms with Crippen molar-refractivity contribution in [1.82, 2.24) is 0 Å². The maximum absolute atomic E-state index is 13.5. The maximum Gasteiger partial charge on any atom is 0.314 e. The Morgan fingerprint density at radius 1 is 0.912 bits per heavy atom. The molecule has 0 radical (unpaired) electrons. The summed E-state index contributed by atoms with van der Waals surface area (Å²) in [5.74, 6) is 1.08. The van der Waals surface area contributed by atoms with Crippen LogP contribution in [0.1, 0.15) is 99.8 Å². The summed E-state index contributed by atoms with van der Waals surface area (Å²) in [5, 5.41) is 33.5.